The molecule has 0 aromatic heterocycles. The maximum absolute atomic E-state index is 11.5. The summed E-state index contributed by atoms with van der Waals surface area (Å²) in [6, 6.07) is 5.64. The summed E-state index contributed by atoms with van der Waals surface area (Å²) in [6.45, 7) is 0. The lowest BCUT2D eigenvalue weighted by Crippen LogP contribution is -2.24. The second-order valence-electron chi connectivity index (χ2n) is 4.74. The van der Waals surface area contributed by atoms with E-state index in [2.05, 4.69) is 10.5 Å². The van der Waals surface area contributed by atoms with Crippen LogP contribution in [0.25, 0.3) is 6.08 Å². The van der Waals surface area contributed by atoms with E-state index in [4.69, 9.17) is 5.73 Å². The van der Waals surface area contributed by atoms with Gasteiger partial charge in [0.25, 0.3) is 10.0 Å². The minimum absolute atomic E-state index is 0.0555. The Morgan fingerprint density at radius 2 is 2.06 bits per heavy atom. The van der Waals surface area contributed by atoms with Crippen LogP contribution in [0.1, 0.15) is 36.0 Å². The number of fused-ring (bicyclic) bond motifs is 1. The molecule has 0 amide bonds. The molecule has 1 saturated carbocycles. The van der Waals surface area contributed by atoms with Crippen molar-refractivity contribution in [2.75, 3.05) is 0 Å². The van der Waals surface area contributed by atoms with Gasteiger partial charge in [-0.25, -0.2) is 8.42 Å². The molecule has 18 heavy (non-hydrogen) atoms. The summed E-state index contributed by atoms with van der Waals surface area (Å²) >= 11 is 0. The highest BCUT2D eigenvalue weighted by atomic mass is 32.2. The van der Waals surface area contributed by atoms with Crippen LogP contribution >= 0.6 is 0 Å². The summed E-state index contributed by atoms with van der Waals surface area (Å²) in [5, 5.41) is 0. The SMILES string of the molecule is NC1=NS(=O)(=O)Cc2cccc(C=C3CCC3)c21. The van der Waals surface area contributed by atoms with Gasteiger partial charge in [0.1, 0.15) is 5.84 Å². The van der Waals surface area contributed by atoms with Crippen molar-refractivity contribution in [3.63, 3.8) is 0 Å². The summed E-state index contributed by atoms with van der Waals surface area (Å²) < 4.78 is 26.7. The third kappa shape index (κ3) is 1.95. The fourth-order valence-electron chi connectivity index (χ4n) is 2.34. The molecule has 0 spiro atoms. The van der Waals surface area contributed by atoms with Gasteiger partial charge in [0.15, 0.2) is 0 Å². The molecule has 0 atom stereocenters. The van der Waals surface area contributed by atoms with Crippen molar-refractivity contribution in [3.05, 3.63) is 40.5 Å². The molecule has 5 heteroatoms. The molecule has 3 rings (SSSR count). The van der Waals surface area contributed by atoms with Crippen molar-refractivity contribution in [2.45, 2.75) is 25.0 Å². The molecule has 1 fully saturated rings. The molecule has 1 aromatic rings. The Morgan fingerprint density at radius 3 is 2.72 bits per heavy atom. The van der Waals surface area contributed by atoms with Crippen LogP contribution in [0.4, 0.5) is 0 Å². The molecular formula is C13H14N2O2S. The van der Waals surface area contributed by atoms with Crippen molar-refractivity contribution in [2.24, 2.45) is 10.1 Å². The van der Waals surface area contributed by atoms with E-state index in [-0.39, 0.29) is 11.6 Å². The van der Waals surface area contributed by atoms with Gasteiger partial charge in [-0.1, -0.05) is 29.8 Å². The Balaban J connectivity index is 2.15. The molecule has 1 aliphatic heterocycles. The van der Waals surface area contributed by atoms with E-state index >= 15 is 0 Å². The molecule has 1 heterocycles. The molecule has 2 aliphatic rings. The van der Waals surface area contributed by atoms with Crippen LogP contribution < -0.4 is 5.73 Å². The number of benzene rings is 1. The summed E-state index contributed by atoms with van der Waals surface area (Å²) in [5.41, 5.74) is 9.71. The fourth-order valence-corrected chi connectivity index (χ4v) is 3.43. The molecule has 0 bridgehead atoms. The first-order chi connectivity index (χ1) is 8.55. The Hall–Kier alpha value is -1.62. The quantitative estimate of drug-likeness (QED) is 0.838. The largest absolute Gasteiger partial charge is 0.383 e. The van der Waals surface area contributed by atoms with Gasteiger partial charge in [0.05, 0.1) is 5.75 Å². The molecule has 0 unspecified atom stereocenters. The van der Waals surface area contributed by atoms with Gasteiger partial charge < -0.3 is 5.73 Å². The molecule has 1 aromatic carbocycles. The third-order valence-corrected chi connectivity index (χ3v) is 4.52. The molecule has 4 nitrogen and oxygen atoms in total. The molecule has 94 valence electrons. The summed E-state index contributed by atoms with van der Waals surface area (Å²) in [7, 11) is -3.44. The van der Waals surface area contributed by atoms with Gasteiger partial charge in [-0.05, 0) is 30.4 Å². The standard InChI is InChI=1S/C13H14N2O2S/c14-13-12-10(7-9-3-1-4-9)5-2-6-11(12)8-18(16,17)15-13/h2,5-7H,1,3-4,8H2,(H2,14,15). The van der Waals surface area contributed by atoms with E-state index in [0.717, 1.165) is 29.5 Å². The van der Waals surface area contributed by atoms with E-state index in [1.807, 2.05) is 12.1 Å². The van der Waals surface area contributed by atoms with Crippen LogP contribution in [0.15, 0.2) is 28.2 Å². The molecule has 2 N–H and O–H groups in total. The number of hydrogen-bond acceptors (Lipinski definition) is 3. The zero-order chi connectivity index (χ0) is 12.8. The van der Waals surface area contributed by atoms with Crippen molar-refractivity contribution in [1.82, 2.24) is 0 Å². The van der Waals surface area contributed by atoms with Crippen LogP contribution in [0.3, 0.4) is 0 Å². The van der Waals surface area contributed by atoms with Crippen LogP contribution in [-0.4, -0.2) is 14.3 Å². The normalized spacial score (nSPS) is 20.7. The van der Waals surface area contributed by atoms with Crippen LogP contribution in [0, 0.1) is 0 Å². The predicted molar refractivity (Wildman–Crippen MR) is 71.6 cm³/mol. The summed E-state index contributed by atoms with van der Waals surface area (Å²) in [6.07, 6.45) is 5.60. The highest BCUT2D eigenvalue weighted by molar-refractivity contribution is 7.89. The average molecular weight is 262 g/mol. The van der Waals surface area contributed by atoms with E-state index < -0.39 is 10.0 Å². The van der Waals surface area contributed by atoms with E-state index in [0.29, 0.717) is 0 Å². The van der Waals surface area contributed by atoms with Crippen molar-refractivity contribution >= 4 is 21.9 Å². The monoisotopic (exact) mass is 262 g/mol. The second-order valence-corrected chi connectivity index (χ2v) is 6.38. The van der Waals surface area contributed by atoms with E-state index in [1.54, 1.807) is 6.07 Å². The molecule has 0 radical (unpaired) electrons. The Morgan fingerprint density at radius 1 is 1.28 bits per heavy atom. The van der Waals surface area contributed by atoms with E-state index in [9.17, 15) is 8.42 Å². The minimum atomic E-state index is -3.44. The number of rotatable bonds is 1. The smallest absolute Gasteiger partial charge is 0.259 e. The number of sulfonamides is 1. The highest BCUT2D eigenvalue weighted by Crippen LogP contribution is 2.30. The van der Waals surface area contributed by atoms with Crippen molar-refractivity contribution in [1.29, 1.82) is 0 Å². The maximum Gasteiger partial charge on any atom is 0.259 e. The molecule has 1 aliphatic carbocycles. The minimum Gasteiger partial charge on any atom is -0.383 e. The third-order valence-electron chi connectivity index (χ3n) is 3.37. The van der Waals surface area contributed by atoms with Gasteiger partial charge in [-0.2, -0.15) is 0 Å². The predicted octanol–water partition coefficient (Wildman–Crippen LogP) is 1.80. The summed E-state index contributed by atoms with van der Waals surface area (Å²) in [5.74, 6) is 0.0584. The van der Waals surface area contributed by atoms with Gasteiger partial charge in [0.2, 0.25) is 0 Å². The van der Waals surface area contributed by atoms with Gasteiger partial charge >= 0.3 is 0 Å². The van der Waals surface area contributed by atoms with Crippen LogP contribution in [0.5, 0.6) is 0 Å². The van der Waals surface area contributed by atoms with Gasteiger partial charge in [-0.15, -0.1) is 4.40 Å². The lowest BCUT2D eigenvalue weighted by molar-refractivity contribution is 0.596. The fraction of sp³-hybridized carbons (Fsp3) is 0.308. The topological polar surface area (TPSA) is 72.5 Å². The van der Waals surface area contributed by atoms with Crippen molar-refractivity contribution in [3.8, 4) is 0 Å². The number of hydrogen-bond donors (Lipinski definition) is 1. The first-order valence-corrected chi connectivity index (χ1v) is 7.56. The highest BCUT2D eigenvalue weighted by Gasteiger charge is 2.24. The molecule has 0 saturated heterocycles. The first-order valence-electron chi connectivity index (χ1n) is 5.95. The number of nitrogens with two attached hydrogens (primary N) is 1. The number of nitrogens with zero attached hydrogens (tertiary/aromatic N) is 1. The first kappa shape index (κ1) is 11.5. The number of amidine groups is 1. The zero-order valence-electron chi connectivity index (χ0n) is 9.89. The zero-order valence-corrected chi connectivity index (χ0v) is 10.7. The second kappa shape index (κ2) is 3.95. The maximum atomic E-state index is 11.5. The molecular weight excluding hydrogens is 248 g/mol. The Labute approximate surface area is 106 Å². The summed E-state index contributed by atoms with van der Waals surface area (Å²) in [4.78, 5) is 0. The van der Waals surface area contributed by atoms with Crippen molar-refractivity contribution < 1.29 is 8.42 Å². The average Bonchev–Trinajstić information content (AvgIpc) is 2.21. The Bertz CT molecular complexity index is 666. The number of allylic oxidation sites excluding steroid dienone is 1. The lowest BCUT2D eigenvalue weighted by Gasteiger charge is -2.19. The van der Waals surface area contributed by atoms with Crippen LogP contribution in [0.2, 0.25) is 0 Å². The lowest BCUT2D eigenvalue weighted by atomic mass is 9.89. The van der Waals surface area contributed by atoms with E-state index in [1.165, 1.54) is 12.0 Å². The van der Waals surface area contributed by atoms with Crippen LogP contribution in [-0.2, 0) is 15.8 Å². The van der Waals surface area contributed by atoms with Gasteiger partial charge in [-0.3, -0.25) is 0 Å². The Kier molecular flexibility index (Phi) is 2.52. The van der Waals surface area contributed by atoms with Gasteiger partial charge in [0, 0.05) is 5.56 Å².